The zero-order valence-electron chi connectivity index (χ0n) is 12.0. The van der Waals surface area contributed by atoms with Gasteiger partial charge in [0.25, 0.3) is 0 Å². The van der Waals surface area contributed by atoms with Crippen molar-refractivity contribution in [1.82, 2.24) is 4.90 Å². The molecule has 0 radical (unpaired) electrons. The minimum atomic E-state index is 0.0210. The summed E-state index contributed by atoms with van der Waals surface area (Å²) in [5.41, 5.74) is 0.501. The number of carbonyl (C=O) groups excluding carboxylic acids is 1. The van der Waals surface area contributed by atoms with Crippen LogP contribution in [0, 0.1) is 0 Å². The summed E-state index contributed by atoms with van der Waals surface area (Å²) in [5, 5.41) is 2.83. The predicted molar refractivity (Wildman–Crippen MR) is 90.8 cm³/mol. The second-order valence-corrected chi connectivity index (χ2v) is 6.71. The molecule has 1 aromatic carbocycles. The van der Waals surface area contributed by atoms with Crippen molar-refractivity contribution < 1.29 is 4.79 Å². The van der Waals surface area contributed by atoms with Crippen molar-refractivity contribution in [3.8, 4) is 0 Å². The van der Waals surface area contributed by atoms with E-state index < -0.39 is 0 Å². The van der Waals surface area contributed by atoms with Crippen LogP contribution in [-0.4, -0.2) is 24.3 Å². The van der Waals surface area contributed by atoms with E-state index >= 15 is 0 Å². The van der Waals surface area contributed by atoms with Gasteiger partial charge in [-0.05, 0) is 37.6 Å². The Morgan fingerprint density at radius 3 is 2.71 bits per heavy atom. The first-order valence-electron chi connectivity index (χ1n) is 6.71. The maximum atomic E-state index is 12.3. The van der Waals surface area contributed by atoms with Crippen LogP contribution in [0.25, 0.3) is 0 Å². The Bertz CT molecular complexity index is 613. The van der Waals surface area contributed by atoms with Gasteiger partial charge in [-0.2, -0.15) is 0 Å². The summed E-state index contributed by atoms with van der Waals surface area (Å²) in [7, 11) is 2.03. The lowest BCUT2D eigenvalue weighted by Crippen LogP contribution is -2.24. The van der Waals surface area contributed by atoms with E-state index in [1.165, 1.54) is 4.88 Å². The van der Waals surface area contributed by atoms with Gasteiger partial charge in [-0.3, -0.25) is 9.69 Å². The number of Topliss-reactive ketones (excluding diaryl/α,β-unsaturated/α-hetero) is 1. The lowest BCUT2D eigenvalue weighted by atomic mass is 10.1. The molecule has 2 nitrogen and oxygen atoms in total. The highest BCUT2D eigenvalue weighted by molar-refractivity contribution is 7.10. The molecular weight excluding hydrogens is 325 g/mol. The Balaban J connectivity index is 1.96. The molecule has 0 N–H and O–H groups in total. The Labute approximate surface area is 139 Å². The van der Waals surface area contributed by atoms with Gasteiger partial charge in [0.15, 0.2) is 5.78 Å². The smallest absolute Gasteiger partial charge is 0.165 e. The quantitative estimate of drug-likeness (QED) is 0.662. The highest BCUT2D eigenvalue weighted by atomic mass is 35.5. The summed E-state index contributed by atoms with van der Waals surface area (Å²) in [4.78, 5) is 15.7. The molecule has 0 saturated heterocycles. The van der Waals surface area contributed by atoms with Crippen LogP contribution in [0.3, 0.4) is 0 Å². The van der Waals surface area contributed by atoms with Crippen molar-refractivity contribution in [3.05, 3.63) is 56.2 Å². The van der Waals surface area contributed by atoms with Crippen LogP contribution in [-0.2, 0) is 0 Å². The van der Waals surface area contributed by atoms with Crippen LogP contribution in [0.5, 0.6) is 0 Å². The van der Waals surface area contributed by atoms with Gasteiger partial charge in [-0.1, -0.05) is 35.3 Å². The van der Waals surface area contributed by atoms with Crippen LogP contribution in [0.4, 0.5) is 0 Å². The van der Waals surface area contributed by atoms with Gasteiger partial charge in [0, 0.05) is 29.4 Å². The predicted octanol–water partition coefficient (Wildman–Crippen LogP) is 5.32. The minimum absolute atomic E-state index is 0.0210. The Hall–Kier alpha value is -0.870. The first-order chi connectivity index (χ1) is 10.0. The second kappa shape index (κ2) is 7.41. The zero-order valence-corrected chi connectivity index (χ0v) is 14.3. The van der Waals surface area contributed by atoms with Crippen LogP contribution < -0.4 is 0 Å². The molecule has 2 aromatic rings. The molecule has 21 heavy (non-hydrogen) atoms. The number of hydrogen-bond donors (Lipinski definition) is 0. The topological polar surface area (TPSA) is 20.3 Å². The van der Waals surface area contributed by atoms with E-state index in [1.807, 2.05) is 13.1 Å². The molecule has 0 aliphatic heterocycles. The number of nitrogens with zero attached hydrogens (tertiary/aromatic N) is 1. The largest absolute Gasteiger partial charge is 0.298 e. The van der Waals surface area contributed by atoms with Crippen molar-refractivity contribution >= 4 is 40.3 Å². The van der Waals surface area contributed by atoms with Crippen LogP contribution >= 0.6 is 34.5 Å². The summed E-state index contributed by atoms with van der Waals surface area (Å²) in [6.07, 6.45) is 0.423. The van der Waals surface area contributed by atoms with Crippen LogP contribution in [0.15, 0.2) is 35.7 Å². The number of hydrogen-bond acceptors (Lipinski definition) is 3. The summed E-state index contributed by atoms with van der Waals surface area (Å²) in [5.74, 6) is 0.0210. The third-order valence-electron chi connectivity index (χ3n) is 3.56. The maximum absolute atomic E-state index is 12.3. The molecule has 0 amide bonds. The lowest BCUT2D eigenvalue weighted by molar-refractivity contribution is 0.0962. The summed E-state index contributed by atoms with van der Waals surface area (Å²) in [6.45, 7) is 2.82. The molecule has 2 rings (SSSR count). The molecule has 0 aliphatic rings. The van der Waals surface area contributed by atoms with Gasteiger partial charge in [0.05, 0.1) is 10.0 Å². The van der Waals surface area contributed by atoms with Crippen LogP contribution in [0.2, 0.25) is 10.0 Å². The lowest BCUT2D eigenvalue weighted by Gasteiger charge is -2.23. The monoisotopic (exact) mass is 341 g/mol. The van der Waals surface area contributed by atoms with E-state index in [0.29, 0.717) is 34.6 Å². The van der Waals surface area contributed by atoms with Gasteiger partial charge in [0.2, 0.25) is 0 Å². The molecule has 0 bridgehead atoms. The molecule has 0 saturated carbocycles. The van der Waals surface area contributed by atoms with Gasteiger partial charge in [-0.25, -0.2) is 0 Å². The molecule has 1 unspecified atom stereocenters. The van der Waals surface area contributed by atoms with Crippen molar-refractivity contribution in [1.29, 1.82) is 0 Å². The van der Waals surface area contributed by atoms with E-state index in [4.69, 9.17) is 23.2 Å². The third kappa shape index (κ3) is 4.07. The molecule has 112 valence electrons. The molecule has 1 atom stereocenters. The molecule has 0 spiro atoms. The van der Waals surface area contributed by atoms with Gasteiger partial charge >= 0.3 is 0 Å². The number of halogens is 2. The first kappa shape index (κ1) is 16.5. The van der Waals surface area contributed by atoms with E-state index in [-0.39, 0.29) is 5.78 Å². The Morgan fingerprint density at radius 1 is 1.29 bits per heavy atom. The second-order valence-electron chi connectivity index (χ2n) is 4.95. The first-order valence-corrected chi connectivity index (χ1v) is 8.35. The van der Waals surface area contributed by atoms with Crippen molar-refractivity contribution in [2.45, 2.75) is 19.4 Å². The van der Waals surface area contributed by atoms with Crippen LogP contribution in [0.1, 0.15) is 34.6 Å². The fourth-order valence-corrected chi connectivity index (χ4v) is 3.33. The van der Waals surface area contributed by atoms with E-state index in [0.717, 1.165) is 0 Å². The molecule has 1 heterocycles. The van der Waals surface area contributed by atoms with Crippen molar-refractivity contribution in [2.75, 3.05) is 13.6 Å². The van der Waals surface area contributed by atoms with Gasteiger partial charge in [0.1, 0.15) is 0 Å². The average molecular weight is 342 g/mol. The summed E-state index contributed by atoms with van der Waals surface area (Å²) in [6, 6.07) is 9.61. The fraction of sp³-hybridized carbons (Fsp3) is 0.312. The fourth-order valence-electron chi connectivity index (χ4n) is 2.07. The Morgan fingerprint density at radius 2 is 2.05 bits per heavy atom. The standard InChI is InChI=1S/C16H17Cl2NOS/c1-11(15-7-4-10-21-15)19(2)9-8-14(20)12-5-3-6-13(17)16(12)18/h3-7,10-11H,8-9H2,1-2H3. The van der Waals surface area contributed by atoms with Crippen molar-refractivity contribution in [2.24, 2.45) is 0 Å². The van der Waals surface area contributed by atoms with E-state index in [1.54, 1.807) is 29.5 Å². The van der Waals surface area contributed by atoms with Crippen molar-refractivity contribution in [3.63, 3.8) is 0 Å². The Kier molecular flexibility index (Phi) is 5.82. The highest BCUT2D eigenvalue weighted by Crippen LogP contribution is 2.27. The molecule has 0 aliphatic carbocycles. The maximum Gasteiger partial charge on any atom is 0.165 e. The summed E-state index contributed by atoms with van der Waals surface area (Å²) >= 11 is 13.8. The number of rotatable bonds is 6. The number of thiophene rings is 1. The number of carbonyl (C=O) groups is 1. The number of ketones is 1. The molecule has 0 fully saturated rings. The van der Waals surface area contributed by atoms with Gasteiger partial charge < -0.3 is 0 Å². The van der Waals surface area contributed by atoms with Gasteiger partial charge in [-0.15, -0.1) is 11.3 Å². The zero-order chi connectivity index (χ0) is 15.4. The highest BCUT2D eigenvalue weighted by Gasteiger charge is 2.16. The normalized spacial score (nSPS) is 12.6. The van der Waals surface area contributed by atoms with E-state index in [9.17, 15) is 4.79 Å². The molecular formula is C16H17Cl2NOS. The third-order valence-corrected chi connectivity index (χ3v) is 5.42. The SMILES string of the molecule is CC(c1cccs1)N(C)CCC(=O)c1cccc(Cl)c1Cl. The average Bonchev–Trinajstić information content (AvgIpc) is 3.00. The van der Waals surface area contributed by atoms with E-state index in [2.05, 4.69) is 23.3 Å². The number of benzene rings is 1. The molecule has 5 heteroatoms. The summed E-state index contributed by atoms with van der Waals surface area (Å²) < 4.78 is 0. The molecule has 1 aromatic heterocycles. The minimum Gasteiger partial charge on any atom is -0.298 e.